The Hall–Kier alpha value is -1.48. The number of nitrogens with zero attached hydrogens (tertiary/aromatic N) is 2. The minimum absolute atomic E-state index is 0.504. The summed E-state index contributed by atoms with van der Waals surface area (Å²) in [7, 11) is 0. The van der Waals surface area contributed by atoms with Crippen LogP contribution in [0.25, 0.3) is 16.8 Å². The Kier molecular flexibility index (Phi) is 3.70. The van der Waals surface area contributed by atoms with Crippen molar-refractivity contribution in [1.82, 2.24) is 9.78 Å². The molecular weight excluding hydrogens is 315 g/mol. The Labute approximate surface area is 131 Å². The van der Waals surface area contributed by atoms with Crippen LogP contribution in [0, 0.1) is 0 Å². The Morgan fingerprint density at radius 3 is 2.45 bits per heavy atom. The van der Waals surface area contributed by atoms with Crippen LogP contribution >= 0.6 is 34.8 Å². The molecule has 3 aromatic rings. The van der Waals surface area contributed by atoms with Crippen molar-refractivity contribution in [3.8, 4) is 16.8 Å². The van der Waals surface area contributed by atoms with E-state index in [-0.39, 0.29) is 0 Å². The molecule has 0 aliphatic rings. The molecule has 0 atom stereocenters. The number of hydrogen-bond donors (Lipinski definition) is 0. The lowest BCUT2D eigenvalue weighted by Gasteiger charge is -2.03. The van der Waals surface area contributed by atoms with E-state index < -0.39 is 0 Å². The fraction of sp³-hybridized carbons (Fsp3) is 0. The maximum atomic E-state index is 6.02. The summed E-state index contributed by atoms with van der Waals surface area (Å²) in [6, 6.07) is 13.0. The van der Waals surface area contributed by atoms with Gasteiger partial charge in [-0.3, -0.25) is 0 Å². The molecule has 0 amide bonds. The third-order valence-electron chi connectivity index (χ3n) is 2.91. The van der Waals surface area contributed by atoms with Gasteiger partial charge in [0.15, 0.2) is 0 Å². The van der Waals surface area contributed by atoms with Crippen molar-refractivity contribution in [3.63, 3.8) is 0 Å². The molecule has 1 aromatic heterocycles. The molecule has 0 aliphatic carbocycles. The highest BCUT2D eigenvalue weighted by molar-refractivity contribution is 6.42. The van der Waals surface area contributed by atoms with Gasteiger partial charge in [-0.1, -0.05) is 46.9 Å². The largest absolute Gasteiger partial charge is 0.240 e. The molecule has 3 rings (SSSR count). The van der Waals surface area contributed by atoms with E-state index in [1.165, 1.54) is 0 Å². The average molecular weight is 324 g/mol. The minimum atomic E-state index is 0.504. The third-order valence-corrected chi connectivity index (χ3v) is 3.88. The molecule has 20 heavy (non-hydrogen) atoms. The fourth-order valence-electron chi connectivity index (χ4n) is 1.91. The molecule has 0 radical (unpaired) electrons. The molecule has 100 valence electrons. The van der Waals surface area contributed by atoms with Gasteiger partial charge in [-0.15, -0.1) is 0 Å². The lowest BCUT2D eigenvalue weighted by Crippen LogP contribution is -1.93. The van der Waals surface area contributed by atoms with Crippen LogP contribution < -0.4 is 0 Å². The maximum Gasteiger partial charge on any atom is 0.0661 e. The van der Waals surface area contributed by atoms with E-state index in [0.717, 1.165) is 16.8 Å². The number of halogens is 3. The molecule has 1 heterocycles. The second-order valence-electron chi connectivity index (χ2n) is 4.28. The summed E-state index contributed by atoms with van der Waals surface area (Å²) < 4.78 is 1.75. The van der Waals surface area contributed by atoms with Crippen LogP contribution in [0.4, 0.5) is 0 Å². The summed E-state index contributed by atoms with van der Waals surface area (Å²) in [6.45, 7) is 0. The number of rotatable bonds is 2. The maximum absolute atomic E-state index is 6.02. The Bertz CT molecular complexity index is 765. The molecule has 2 aromatic carbocycles. The first-order valence-corrected chi connectivity index (χ1v) is 7.03. The fourth-order valence-corrected chi connectivity index (χ4v) is 2.39. The monoisotopic (exact) mass is 322 g/mol. The van der Waals surface area contributed by atoms with Crippen LogP contribution in [-0.4, -0.2) is 9.78 Å². The van der Waals surface area contributed by atoms with Gasteiger partial charge >= 0.3 is 0 Å². The Balaban J connectivity index is 1.99. The SMILES string of the molecule is Clc1cccc(-c2cnn(-c3ccc(Cl)c(Cl)c3)c2)c1. The topological polar surface area (TPSA) is 17.8 Å². The van der Waals surface area contributed by atoms with E-state index in [2.05, 4.69) is 5.10 Å². The number of hydrogen-bond acceptors (Lipinski definition) is 1. The second-order valence-corrected chi connectivity index (χ2v) is 5.53. The highest BCUT2D eigenvalue weighted by Crippen LogP contribution is 2.26. The first kappa shape index (κ1) is 13.5. The van der Waals surface area contributed by atoms with E-state index in [0.29, 0.717) is 15.1 Å². The van der Waals surface area contributed by atoms with E-state index in [4.69, 9.17) is 34.8 Å². The van der Waals surface area contributed by atoms with Crippen molar-refractivity contribution in [1.29, 1.82) is 0 Å². The summed E-state index contributed by atoms with van der Waals surface area (Å²) in [5.74, 6) is 0. The van der Waals surface area contributed by atoms with E-state index in [1.807, 2.05) is 36.5 Å². The zero-order valence-electron chi connectivity index (χ0n) is 10.2. The first-order valence-electron chi connectivity index (χ1n) is 5.89. The average Bonchev–Trinajstić information content (AvgIpc) is 2.92. The van der Waals surface area contributed by atoms with Crippen LogP contribution in [0.1, 0.15) is 0 Å². The highest BCUT2D eigenvalue weighted by atomic mass is 35.5. The minimum Gasteiger partial charge on any atom is -0.240 e. The van der Waals surface area contributed by atoms with E-state index in [9.17, 15) is 0 Å². The highest BCUT2D eigenvalue weighted by Gasteiger charge is 2.06. The quantitative estimate of drug-likeness (QED) is 0.609. The van der Waals surface area contributed by atoms with Crippen molar-refractivity contribution in [2.24, 2.45) is 0 Å². The van der Waals surface area contributed by atoms with E-state index >= 15 is 0 Å². The Morgan fingerprint density at radius 2 is 1.70 bits per heavy atom. The molecule has 0 unspecified atom stereocenters. The van der Waals surface area contributed by atoms with Crippen LogP contribution in [-0.2, 0) is 0 Å². The molecule has 5 heteroatoms. The first-order chi connectivity index (χ1) is 9.63. The van der Waals surface area contributed by atoms with E-state index in [1.54, 1.807) is 23.0 Å². The van der Waals surface area contributed by atoms with Crippen molar-refractivity contribution >= 4 is 34.8 Å². The smallest absolute Gasteiger partial charge is 0.0661 e. The predicted molar refractivity (Wildman–Crippen MR) is 84.0 cm³/mol. The zero-order valence-corrected chi connectivity index (χ0v) is 12.5. The summed E-state index contributed by atoms with van der Waals surface area (Å²) >= 11 is 17.9. The van der Waals surface area contributed by atoms with Crippen LogP contribution in [0.15, 0.2) is 54.9 Å². The lowest BCUT2D eigenvalue weighted by molar-refractivity contribution is 0.881. The molecule has 0 fully saturated rings. The molecule has 0 saturated heterocycles. The summed E-state index contributed by atoms with van der Waals surface area (Å²) in [4.78, 5) is 0. The van der Waals surface area contributed by atoms with Crippen molar-refractivity contribution < 1.29 is 0 Å². The van der Waals surface area contributed by atoms with Gasteiger partial charge in [0.1, 0.15) is 0 Å². The molecular formula is C15H9Cl3N2. The molecule has 0 saturated carbocycles. The normalized spacial score (nSPS) is 10.8. The summed E-state index contributed by atoms with van der Waals surface area (Å²) in [5.41, 5.74) is 2.86. The molecule has 0 aliphatic heterocycles. The van der Waals surface area contributed by atoms with Gasteiger partial charge in [0.25, 0.3) is 0 Å². The lowest BCUT2D eigenvalue weighted by atomic mass is 10.1. The number of aromatic nitrogens is 2. The summed E-state index contributed by atoms with van der Waals surface area (Å²) in [5, 5.41) is 6.06. The van der Waals surface area contributed by atoms with Gasteiger partial charge in [-0.25, -0.2) is 4.68 Å². The second kappa shape index (κ2) is 5.49. The zero-order chi connectivity index (χ0) is 14.1. The van der Waals surface area contributed by atoms with Crippen LogP contribution in [0.3, 0.4) is 0 Å². The summed E-state index contributed by atoms with van der Waals surface area (Å²) in [6.07, 6.45) is 3.71. The number of benzene rings is 2. The van der Waals surface area contributed by atoms with Gasteiger partial charge in [-0.2, -0.15) is 5.10 Å². The molecule has 0 spiro atoms. The van der Waals surface area contributed by atoms with Gasteiger partial charge in [0, 0.05) is 16.8 Å². The predicted octanol–water partition coefficient (Wildman–Crippen LogP) is 5.50. The van der Waals surface area contributed by atoms with Crippen LogP contribution in [0.2, 0.25) is 15.1 Å². The van der Waals surface area contributed by atoms with Gasteiger partial charge in [0.05, 0.1) is 21.9 Å². The van der Waals surface area contributed by atoms with Gasteiger partial charge in [0.2, 0.25) is 0 Å². The van der Waals surface area contributed by atoms with Gasteiger partial charge in [-0.05, 0) is 35.9 Å². The van der Waals surface area contributed by atoms with Crippen molar-refractivity contribution in [2.75, 3.05) is 0 Å². The van der Waals surface area contributed by atoms with Gasteiger partial charge < -0.3 is 0 Å². The third kappa shape index (κ3) is 2.68. The van der Waals surface area contributed by atoms with Crippen LogP contribution in [0.5, 0.6) is 0 Å². The standard InChI is InChI=1S/C15H9Cl3N2/c16-12-3-1-2-10(6-12)11-8-19-20(9-11)13-4-5-14(17)15(18)7-13/h1-9H. The Morgan fingerprint density at radius 1 is 0.850 bits per heavy atom. The van der Waals surface area contributed by atoms with Crippen molar-refractivity contribution in [3.05, 3.63) is 69.9 Å². The molecule has 0 bridgehead atoms. The molecule has 0 N–H and O–H groups in total. The van der Waals surface area contributed by atoms with Crippen molar-refractivity contribution in [2.45, 2.75) is 0 Å². The molecule has 2 nitrogen and oxygen atoms in total.